The van der Waals surface area contributed by atoms with Crippen molar-refractivity contribution < 1.29 is 4.74 Å². The maximum Gasteiger partial charge on any atom is 0.162 e. The summed E-state index contributed by atoms with van der Waals surface area (Å²) in [5.41, 5.74) is 1.66. The summed E-state index contributed by atoms with van der Waals surface area (Å²) in [6, 6.07) is 0. The minimum atomic E-state index is -0.360. The van der Waals surface area contributed by atoms with Crippen molar-refractivity contribution >= 4 is 11.6 Å². The Morgan fingerprint density at radius 1 is 1.35 bits per heavy atom. The molecule has 4 heteroatoms. The van der Waals surface area contributed by atoms with Gasteiger partial charge in [-0.05, 0) is 38.0 Å². The lowest BCUT2D eigenvalue weighted by atomic mass is 9.78. The van der Waals surface area contributed by atoms with Crippen LogP contribution in [0.1, 0.15) is 69.5 Å². The van der Waals surface area contributed by atoms with Crippen LogP contribution in [0, 0.1) is 12.8 Å². The van der Waals surface area contributed by atoms with Crippen LogP contribution in [-0.2, 0) is 10.3 Å². The summed E-state index contributed by atoms with van der Waals surface area (Å²) >= 11 is 6.40. The predicted molar refractivity (Wildman–Crippen MR) is 82.2 cm³/mol. The first-order valence-electron chi connectivity index (χ1n) is 7.49. The second kappa shape index (κ2) is 5.98. The van der Waals surface area contributed by atoms with E-state index >= 15 is 0 Å². The van der Waals surface area contributed by atoms with Crippen molar-refractivity contribution in [2.45, 2.75) is 64.9 Å². The largest absolute Gasteiger partial charge is 0.370 e. The van der Waals surface area contributed by atoms with Gasteiger partial charge in [-0.1, -0.05) is 38.8 Å². The van der Waals surface area contributed by atoms with E-state index in [0.717, 1.165) is 36.3 Å². The molecule has 2 unspecified atom stereocenters. The van der Waals surface area contributed by atoms with E-state index < -0.39 is 0 Å². The number of ether oxygens (including phenoxy) is 1. The van der Waals surface area contributed by atoms with Crippen molar-refractivity contribution in [3.63, 3.8) is 0 Å². The molecular formula is C16H25ClN2O. The fourth-order valence-electron chi connectivity index (χ4n) is 3.39. The molecule has 1 aliphatic carbocycles. The standard InChI is InChI=1S/C16H25ClN2O/c1-10(2)13-12(4)18-15(19-14(13)17)16(20-5)8-6-7-11(3)9-16/h10-11H,6-9H2,1-5H3. The average molecular weight is 297 g/mol. The molecule has 1 heterocycles. The summed E-state index contributed by atoms with van der Waals surface area (Å²) in [6.07, 6.45) is 4.35. The number of nitrogens with zero attached hydrogens (tertiary/aromatic N) is 2. The molecule has 0 spiro atoms. The Hall–Kier alpha value is -0.670. The van der Waals surface area contributed by atoms with Crippen LogP contribution in [0.2, 0.25) is 5.15 Å². The second-order valence-corrected chi connectivity index (χ2v) is 6.75. The molecule has 20 heavy (non-hydrogen) atoms. The lowest BCUT2D eigenvalue weighted by Crippen LogP contribution is -2.36. The third-order valence-corrected chi connectivity index (χ3v) is 4.71. The molecule has 1 aromatic rings. The summed E-state index contributed by atoms with van der Waals surface area (Å²) < 4.78 is 5.86. The molecule has 2 atom stereocenters. The summed E-state index contributed by atoms with van der Waals surface area (Å²) in [4.78, 5) is 9.32. The molecule has 0 N–H and O–H groups in total. The smallest absolute Gasteiger partial charge is 0.162 e. The van der Waals surface area contributed by atoms with Gasteiger partial charge in [0.05, 0.1) is 0 Å². The first-order valence-corrected chi connectivity index (χ1v) is 7.87. The summed E-state index contributed by atoms with van der Waals surface area (Å²) in [7, 11) is 1.76. The lowest BCUT2D eigenvalue weighted by molar-refractivity contribution is -0.0647. The van der Waals surface area contributed by atoms with Crippen LogP contribution in [0.25, 0.3) is 0 Å². The van der Waals surface area contributed by atoms with Crippen LogP contribution < -0.4 is 0 Å². The van der Waals surface area contributed by atoms with Gasteiger partial charge in [-0.2, -0.15) is 0 Å². The van der Waals surface area contributed by atoms with Crippen LogP contribution in [0.5, 0.6) is 0 Å². The SMILES string of the molecule is COC1(c2nc(C)c(C(C)C)c(Cl)n2)CCCC(C)C1. The topological polar surface area (TPSA) is 35.0 Å². The summed E-state index contributed by atoms with van der Waals surface area (Å²) in [5.74, 6) is 1.73. The Kier molecular flexibility index (Phi) is 4.70. The molecule has 0 amide bonds. The Morgan fingerprint density at radius 2 is 2.05 bits per heavy atom. The van der Waals surface area contributed by atoms with Crippen LogP contribution in [0.3, 0.4) is 0 Å². The quantitative estimate of drug-likeness (QED) is 0.764. The molecule has 2 rings (SSSR count). The molecule has 3 nitrogen and oxygen atoms in total. The second-order valence-electron chi connectivity index (χ2n) is 6.39. The van der Waals surface area contributed by atoms with Gasteiger partial charge in [0.1, 0.15) is 10.8 Å². The van der Waals surface area contributed by atoms with Gasteiger partial charge < -0.3 is 4.74 Å². The van der Waals surface area contributed by atoms with Gasteiger partial charge in [0.15, 0.2) is 5.82 Å². The summed E-state index contributed by atoms with van der Waals surface area (Å²) in [6.45, 7) is 8.52. The third kappa shape index (κ3) is 2.84. The minimum Gasteiger partial charge on any atom is -0.370 e. The zero-order chi connectivity index (χ0) is 14.9. The van der Waals surface area contributed by atoms with Gasteiger partial charge in [-0.3, -0.25) is 0 Å². The highest BCUT2D eigenvalue weighted by Crippen LogP contribution is 2.42. The van der Waals surface area contributed by atoms with E-state index in [0.29, 0.717) is 17.0 Å². The number of hydrogen-bond acceptors (Lipinski definition) is 3. The Bertz CT molecular complexity index is 466. The van der Waals surface area contributed by atoms with Crippen molar-refractivity contribution in [2.75, 3.05) is 7.11 Å². The van der Waals surface area contributed by atoms with E-state index in [1.165, 1.54) is 6.42 Å². The molecule has 1 fully saturated rings. The molecule has 0 aromatic carbocycles. The lowest BCUT2D eigenvalue weighted by Gasteiger charge is -2.37. The van der Waals surface area contributed by atoms with E-state index in [1.54, 1.807) is 7.11 Å². The number of rotatable bonds is 3. The minimum absolute atomic E-state index is 0.334. The van der Waals surface area contributed by atoms with Crippen molar-refractivity contribution in [2.24, 2.45) is 5.92 Å². The fourth-order valence-corrected chi connectivity index (χ4v) is 3.82. The number of hydrogen-bond donors (Lipinski definition) is 0. The number of halogens is 1. The number of aromatic nitrogens is 2. The molecule has 0 aliphatic heterocycles. The van der Waals surface area contributed by atoms with Crippen molar-refractivity contribution in [3.8, 4) is 0 Å². The van der Waals surface area contributed by atoms with Gasteiger partial charge in [0.25, 0.3) is 0 Å². The van der Waals surface area contributed by atoms with Gasteiger partial charge in [0, 0.05) is 18.4 Å². The Morgan fingerprint density at radius 3 is 2.55 bits per heavy atom. The number of aryl methyl sites for hydroxylation is 1. The van der Waals surface area contributed by atoms with E-state index in [4.69, 9.17) is 21.3 Å². The van der Waals surface area contributed by atoms with Gasteiger partial charge in [-0.15, -0.1) is 0 Å². The first kappa shape index (κ1) is 15.7. The molecule has 1 saturated carbocycles. The maximum atomic E-state index is 6.40. The van der Waals surface area contributed by atoms with Gasteiger partial charge in [-0.25, -0.2) is 9.97 Å². The Labute approximate surface area is 127 Å². The molecule has 1 aromatic heterocycles. The van der Waals surface area contributed by atoms with Crippen LogP contribution in [-0.4, -0.2) is 17.1 Å². The van der Waals surface area contributed by atoms with Crippen LogP contribution >= 0.6 is 11.6 Å². The van der Waals surface area contributed by atoms with Crippen LogP contribution in [0.15, 0.2) is 0 Å². The van der Waals surface area contributed by atoms with E-state index in [9.17, 15) is 0 Å². The molecular weight excluding hydrogens is 272 g/mol. The highest BCUT2D eigenvalue weighted by Gasteiger charge is 2.40. The Balaban J connectivity index is 2.46. The maximum absolute atomic E-state index is 6.40. The highest BCUT2D eigenvalue weighted by molar-refractivity contribution is 6.30. The third-order valence-electron chi connectivity index (χ3n) is 4.42. The van der Waals surface area contributed by atoms with E-state index in [-0.39, 0.29) is 5.60 Å². The monoisotopic (exact) mass is 296 g/mol. The molecule has 1 aliphatic rings. The molecule has 0 radical (unpaired) electrons. The highest BCUT2D eigenvalue weighted by atomic mass is 35.5. The average Bonchev–Trinajstić information content (AvgIpc) is 2.37. The van der Waals surface area contributed by atoms with Gasteiger partial charge in [0.2, 0.25) is 0 Å². The van der Waals surface area contributed by atoms with Crippen LogP contribution in [0.4, 0.5) is 0 Å². The zero-order valence-electron chi connectivity index (χ0n) is 13.2. The molecule has 112 valence electrons. The normalized spacial score (nSPS) is 27.1. The van der Waals surface area contributed by atoms with Crippen molar-refractivity contribution in [3.05, 3.63) is 22.2 Å². The van der Waals surface area contributed by atoms with Crippen molar-refractivity contribution in [1.29, 1.82) is 0 Å². The summed E-state index contributed by atoms with van der Waals surface area (Å²) in [5, 5.41) is 0.581. The molecule has 0 bridgehead atoms. The molecule has 0 saturated heterocycles. The predicted octanol–water partition coefficient (Wildman–Crippen LogP) is 4.61. The van der Waals surface area contributed by atoms with Crippen molar-refractivity contribution in [1.82, 2.24) is 9.97 Å². The fraction of sp³-hybridized carbons (Fsp3) is 0.750. The van der Waals surface area contributed by atoms with Gasteiger partial charge >= 0.3 is 0 Å². The van der Waals surface area contributed by atoms with E-state index in [2.05, 4.69) is 25.8 Å². The first-order chi connectivity index (χ1) is 9.39. The van der Waals surface area contributed by atoms with E-state index in [1.807, 2.05) is 6.92 Å². The zero-order valence-corrected chi connectivity index (χ0v) is 13.9. The number of methoxy groups -OCH3 is 1.